The Morgan fingerprint density at radius 1 is 1.19 bits per heavy atom. The molecule has 118 valence electrons. The molecule has 0 aromatic carbocycles. The van der Waals surface area contributed by atoms with Gasteiger partial charge >= 0.3 is 7.12 Å². The van der Waals surface area contributed by atoms with Crippen molar-refractivity contribution in [3.05, 3.63) is 0 Å². The lowest BCUT2D eigenvalue weighted by Crippen LogP contribution is -2.39. The molecule has 0 bridgehead atoms. The first-order chi connectivity index (χ1) is 10.0. The number of rotatable bonds is 6. The third-order valence-electron chi connectivity index (χ3n) is 4.49. The van der Waals surface area contributed by atoms with Gasteiger partial charge in [0.15, 0.2) is 0 Å². The monoisotopic (exact) mass is 295 g/mol. The summed E-state index contributed by atoms with van der Waals surface area (Å²) >= 11 is 0. The van der Waals surface area contributed by atoms with Gasteiger partial charge in [0.1, 0.15) is 11.6 Å². The molecule has 0 saturated carbocycles. The number of piperidine rings is 1. The first-order valence-corrected chi connectivity index (χ1v) is 8.12. The van der Waals surface area contributed by atoms with Crippen molar-refractivity contribution < 1.29 is 19.3 Å². The molecule has 6 heteroatoms. The van der Waals surface area contributed by atoms with Gasteiger partial charge in [0.2, 0.25) is 0 Å². The third kappa shape index (κ3) is 5.53. The zero-order valence-electron chi connectivity index (χ0n) is 12.8. The van der Waals surface area contributed by atoms with E-state index in [2.05, 4.69) is 5.32 Å². The van der Waals surface area contributed by atoms with E-state index in [4.69, 9.17) is 4.65 Å². The van der Waals surface area contributed by atoms with E-state index in [1.165, 1.54) is 19.8 Å². The molecule has 2 N–H and O–H groups in total. The summed E-state index contributed by atoms with van der Waals surface area (Å²) in [6.07, 6.45) is 6.04. The summed E-state index contributed by atoms with van der Waals surface area (Å²) in [7, 11) is -0.911. The molecule has 2 aliphatic rings. The summed E-state index contributed by atoms with van der Waals surface area (Å²) in [6.45, 7) is 2.53. The van der Waals surface area contributed by atoms with Gasteiger partial charge in [-0.15, -0.1) is 0 Å². The van der Waals surface area contributed by atoms with Gasteiger partial charge in [-0.1, -0.05) is 6.42 Å². The molecule has 2 heterocycles. The van der Waals surface area contributed by atoms with Crippen LogP contribution in [0.1, 0.15) is 58.3 Å². The molecule has 0 amide bonds. The number of hydrogen-bond donors (Lipinski definition) is 2. The van der Waals surface area contributed by atoms with Crippen molar-refractivity contribution >= 4 is 18.7 Å². The first-order valence-electron chi connectivity index (χ1n) is 8.12. The smallest absolute Gasteiger partial charge is 0.427 e. The van der Waals surface area contributed by atoms with E-state index in [9.17, 15) is 14.6 Å². The van der Waals surface area contributed by atoms with Crippen LogP contribution in [0.25, 0.3) is 0 Å². The second-order valence-corrected chi connectivity index (χ2v) is 6.49. The molecule has 0 radical (unpaired) electrons. The largest absolute Gasteiger partial charge is 0.458 e. The van der Waals surface area contributed by atoms with Crippen molar-refractivity contribution in [2.45, 2.75) is 76.3 Å². The molecule has 0 aliphatic carbocycles. The molecule has 2 fully saturated rings. The second kappa shape index (κ2) is 8.06. The van der Waals surface area contributed by atoms with Crippen LogP contribution in [0, 0.1) is 0 Å². The van der Waals surface area contributed by atoms with Crippen LogP contribution < -0.4 is 5.32 Å². The van der Waals surface area contributed by atoms with Gasteiger partial charge in [-0.25, -0.2) is 0 Å². The highest BCUT2D eigenvalue weighted by Gasteiger charge is 2.36. The van der Waals surface area contributed by atoms with Crippen LogP contribution >= 0.6 is 0 Å². The molecular weight excluding hydrogens is 269 g/mol. The Morgan fingerprint density at radius 3 is 2.62 bits per heavy atom. The van der Waals surface area contributed by atoms with E-state index in [0.29, 0.717) is 25.3 Å². The van der Waals surface area contributed by atoms with Crippen LogP contribution in [0.4, 0.5) is 0 Å². The number of carbonyl (C=O) groups is 2. The summed E-state index contributed by atoms with van der Waals surface area (Å²) in [6, 6.07) is 0.304. The number of Topliss-reactive ketones (excluding diaryl/α,β-unsaturated/α-hetero) is 2. The molecule has 3 atom stereocenters. The topological polar surface area (TPSA) is 75.6 Å². The Morgan fingerprint density at radius 2 is 2.00 bits per heavy atom. The lowest BCUT2D eigenvalue weighted by atomic mass is 9.64. The van der Waals surface area contributed by atoms with E-state index < -0.39 is 7.12 Å². The van der Waals surface area contributed by atoms with Gasteiger partial charge in [0, 0.05) is 37.2 Å². The highest BCUT2D eigenvalue weighted by atomic mass is 16.5. The van der Waals surface area contributed by atoms with Gasteiger partial charge < -0.3 is 15.0 Å². The lowest BCUT2D eigenvalue weighted by Gasteiger charge is -2.31. The minimum Gasteiger partial charge on any atom is -0.427 e. The fourth-order valence-electron chi connectivity index (χ4n) is 3.34. The van der Waals surface area contributed by atoms with Crippen LogP contribution in [-0.2, 0) is 14.2 Å². The fraction of sp³-hybridized carbons (Fsp3) is 0.867. The van der Waals surface area contributed by atoms with Crippen LogP contribution in [0.15, 0.2) is 0 Å². The molecule has 2 saturated heterocycles. The summed E-state index contributed by atoms with van der Waals surface area (Å²) in [5.74, 6) is 0.154. The van der Waals surface area contributed by atoms with Crippen LogP contribution in [0.5, 0.6) is 0 Å². The first kappa shape index (κ1) is 16.7. The zero-order chi connectivity index (χ0) is 15.2. The van der Waals surface area contributed by atoms with Gasteiger partial charge in [0.05, 0.1) is 0 Å². The normalized spacial score (nSPS) is 30.2. The molecule has 2 aliphatic heterocycles. The molecule has 0 aromatic heterocycles. The number of carbonyl (C=O) groups excluding carboxylic acids is 2. The third-order valence-corrected chi connectivity index (χ3v) is 4.49. The minimum absolute atomic E-state index is 0.0742. The molecule has 0 aromatic rings. The maximum Gasteiger partial charge on any atom is 0.458 e. The lowest BCUT2D eigenvalue weighted by molar-refractivity contribution is -0.121. The van der Waals surface area contributed by atoms with Gasteiger partial charge in [-0.3, -0.25) is 9.59 Å². The fourth-order valence-corrected chi connectivity index (χ4v) is 3.34. The highest BCUT2D eigenvalue weighted by Crippen LogP contribution is 2.31. The average molecular weight is 295 g/mol. The molecule has 21 heavy (non-hydrogen) atoms. The predicted octanol–water partition coefficient (Wildman–Crippen LogP) is 1.49. The van der Waals surface area contributed by atoms with Crippen LogP contribution in [-0.4, -0.2) is 42.4 Å². The predicted molar refractivity (Wildman–Crippen MR) is 81.0 cm³/mol. The van der Waals surface area contributed by atoms with Crippen molar-refractivity contribution in [3.8, 4) is 0 Å². The summed E-state index contributed by atoms with van der Waals surface area (Å²) < 4.78 is 5.47. The van der Waals surface area contributed by atoms with Gasteiger partial charge in [-0.2, -0.15) is 0 Å². The summed E-state index contributed by atoms with van der Waals surface area (Å²) in [5.41, 5.74) is 0. The quantitative estimate of drug-likeness (QED) is 0.726. The maximum absolute atomic E-state index is 12.1. The van der Waals surface area contributed by atoms with Crippen LogP contribution in [0.2, 0.25) is 5.82 Å². The Labute approximate surface area is 127 Å². The van der Waals surface area contributed by atoms with E-state index in [-0.39, 0.29) is 23.5 Å². The van der Waals surface area contributed by atoms with Crippen molar-refractivity contribution in [1.82, 2.24) is 5.32 Å². The SMILES string of the molecule is CC(=O)C[C@@H]1CC[C@H](CC(=O)C[C@H]2CCCCN2)B(O)O1. The van der Waals surface area contributed by atoms with E-state index in [1.807, 2.05) is 0 Å². The van der Waals surface area contributed by atoms with E-state index >= 15 is 0 Å². The number of nitrogens with one attached hydrogen (secondary N) is 1. The van der Waals surface area contributed by atoms with Crippen molar-refractivity contribution in [2.75, 3.05) is 6.54 Å². The number of hydrogen-bond acceptors (Lipinski definition) is 5. The van der Waals surface area contributed by atoms with Crippen molar-refractivity contribution in [3.63, 3.8) is 0 Å². The molecule has 0 spiro atoms. The maximum atomic E-state index is 12.1. The summed E-state index contributed by atoms with van der Waals surface area (Å²) in [5, 5.41) is 13.4. The Bertz CT molecular complexity index is 371. The number of ketones is 2. The standard InChI is InChI=1S/C15H26BNO4/c1-11(18)8-15-6-5-12(16(20)21-15)9-14(19)10-13-4-2-3-7-17-13/h12-13,15,17,20H,2-10H2,1H3/t12-,13-,15+/m1/s1. The van der Waals surface area contributed by atoms with E-state index in [0.717, 1.165) is 25.8 Å². The molecular formula is C15H26BNO4. The Balaban J connectivity index is 1.72. The second-order valence-electron chi connectivity index (χ2n) is 6.49. The van der Waals surface area contributed by atoms with Crippen molar-refractivity contribution in [2.24, 2.45) is 0 Å². The van der Waals surface area contributed by atoms with E-state index in [1.54, 1.807) is 0 Å². The summed E-state index contributed by atoms with van der Waals surface area (Å²) in [4.78, 5) is 23.2. The van der Waals surface area contributed by atoms with Gasteiger partial charge in [0.25, 0.3) is 0 Å². The molecule has 2 rings (SSSR count). The highest BCUT2D eigenvalue weighted by molar-refractivity contribution is 6.45. The van der Waals surface area contributed by atoms with Crippen molar-refractivity contribution in [1.29, 1.82) is 0 Å². The Kier molecular flexibility index (Phi) is 6.39. The minimum atomic E-state index is -0.911. The molecule has 0 unspecified atom stereocenters. The average Bonchev–Trinajstić information content (AvgIpc) is 2.42. The van der Waals surface area contributed by atoms with Gasteiger partial charge in [-0.05, 0) is 39.2 Å². The van der Waals surface area contributed by atoms with Crippen LogP contribution in [0.3, 0.4) is 0 Å². The zero-order valence-corrected chi connectivity index (χ0v) is 12.8. The Hall–Kier alpha value is -0.715. The molecule has 5 nitrogen and oxygen atoms in total.